The molecule has 1 N–H and O–H groups in total. The van der Waals surface area contributed by atoms with Crippen LogP contribution in [0.5, 0.6) is 0 Å². The molecule has 2 aromatic rings. The van der Waals surface area contributed by atoms with Gasteiger partial charge in [-0.15, -0.1) is 0 Å². The van der Waals surface area contributed by atoms with E-state index in [2.05, 4.69) is 10.5 Å². The molecule has 1 saturated heterocycles. The number of hydrogen-bond acceptors (Lipinski definition) is 4. The zero-order valence-corrected chi connectivity index (χ0v) is 14.6. The van der Waals surface area contributed by atoms with Crippen molar-refractivity contribution in [3.8, 4) is 0 Å². The second kappa shape index (κ2) is 7.51. The van der Waals surface area contributed by atoms with Gasteiger partial charge in [0.05, 0.1) is 18.2 Å². The number of amides is 2. The van der Waals surface area contributed by atoms with Crippen LogP contribution in [0.1, 0.15) is 41.5 Å². The van der Waals surface area contributed by atoms with E-state index in [0.717, 1.165) is 22.6 Å². The fourth-order valence-corrected chi connectivity index (χ4v) is 3.34. The van der Waals surface area contributed by atoms with Crippen LogP contribution in [0.25, 0.3) is 0 Å². The molecule has 3 rings (SSSR count). The summed E-state index contributed by atoms with van der Waals surface area (Å²) in [6.45, 7) is 4.75. The third-order valence-electron chi connectivity index (χ3n) is 4.70. The molecule has 1 aromatic heterocycles. The number of aromatic nitrogens is 1. The second-order valence-corrected chi connectivity index (χ2v) is 6.37. The minimum Gasteiger partial charge on any atom is -0.361 e. The summed E-state index contributed by atoms with van der Waals surface area (Å²) in [7, 11) is 0. The Morgan fingerprint density at radius 2 is 2.08 bits per heavy atom. The highest BCUT2D eigenvalue weighted by molar-refractivity contribution is 5.81. The molecule has 0 spiro atoms. The normalized spacial score (nSPS) is 17.9. The summed E-state index contributed by atoms with van der Waals surface area (Å²) in [6.07, 6.45) is 1.26. The molecule has 6 heteroatoms. The highest BCUT2D eigenvalue weighted by Crippen LogP contribution is 2.27. The molecule has 2 amide bonds. The molecule has 0 saturated carbocycles. The number of nitrogens with one attached hydrogen (secondary N) is 1. The average molecular weight is 341 g/mol. The Morgan fingerprint density at radius 3 is 2.76 bits per heavy atom. The van der Waals surface area contributed by atoms with Gasteiger partial charge in [-0.05, 0) is 25.8 Å². The number of hydrogen-bond donors (Lipinski definition) is 1. The van der Waals surface area contributed by atoms with Gasteiger partial charge in [0.25, 0.3) is 0 Å². The number of carbonyl (C=O) groups excluding carboxylic acids is 2. The van der Waals surface area contributed by atoms with Gasteiger partial charge < -0.3 is 14.7 Å². The van der Waals surface area contributed by atoms with Gasteiger partial charge in [0.1, 0.15) is 5.76 Å². The van der Waals surface area contributed by atoms with E-state index in [9.17, 15) is 9.59 Å². The molecule has 1 fully saturated rings. The molecule has 1 aliphatic rings. The third kappa shape index (κ3) is 3.90. The van der Waals surface area contributed by atoms with E-state index < -0.39 is 0 Å². The standard InChI is InChI=1S/C19H23N3O3/c1-13-16(14(2)25-21-13)8-9-19(24)22-11-10-20-18(23)12-17(22)15-6-4-3-5-7-15/h3-7,17H,8-12H2,1-2H3,(H,20,23)/t17-/m0/s1. The zero-order valence-electron chi connectivity index (χ0n) is 14.6. The topological polar surface area (TPSA) is 75.4 Å². The van der Waals surface area contributed by atoms with E-state index in [0.29, 0.717) is 32.4 Å². The van der Waals surface area contributed by atoms with E-state index in [-0.39, 0.29) is 17.9 Å². The molecule has 0 bridgehead atoms. The average Bonchev–Trinajstić information content (AvgIpc) is 2.81. The van der Waals surface area contributed by atoms with Crippen LogP contribution in [-0.4, -0.2) is 35.0 Å². The Balaban J connectivity index is 1.77. The first-order valence-corrected chi connectivity index (χ1v) is 8.59. The number of nitrogens with zero attached hydrogens (tertiary/aromatic N) is 2. The summed E-state index contributed by atoms with van der Waals surface area (Å²) in [6, 6.07) is 9.52. The molecular formula is C19H23N3O3. The van der Waals surface area contributed by atoms with Crippen molar-refractivity contribution in [1.29, 1.82) is 0 Å². The number of benzene rings is 1. The minimum absolute atomic E-state index is 0.0186. The van der Waals surface area contributed by atoms with E-state index in [1.807, 2.05) is 49.1 Å². The summed E-state index contributed by atoms with van der Waals surface area (Å²) in [5.74, 6) is 0.790. The van der Waals surface area contributed by atoms with Crippen molar-refractivity contribution in [2.75, 3.05) is 13.1 Å². The molecule has 25 heavy (non-hydrogen) atoms. The van der Waals surface area contributed by atoms with Gasteiger partial charge in [-0.1, -0.05) is 35.5 Å². The van der Waals surface area contributed by atoms with Crippen LogP contribution < -0.4 is 5.32 Å². The summed E-state index contributed by atoms with van der Waals surface area (Å²) in [4.78, 5) is 26.7. The van der Waals surface area contributed by atoms with Crippen molar-refractivity contribution in [2.45, 2.75) is 39.2 Å². The number of aryl methyl sites for hydroxylation is 2. The van der Waals surface area contributed by atoms with Gasteiger partial charge in [0, 0.05) is 25.1 Å². The first kappa shape index (κ1) is 17.2. The minimum atomic E-state index is -0.221. The lowest BCUT2D eigenvalue weighted by Crippen LogP contribution is -2.36. The summed E-state index contributed by atoms with van der Waals surface area (Å²) in [5.41, 5.74) is 2.82. The van der Waals surface area contributed by atoms with Crippen LogP contribution >= 0.6 is 0 Å². The van der Waals surface area contributed by atoms with Crippen molar-refractivity contribution < 1.29 is 14.1 Å². The van der Waals surface area contributed by atoms with E-state index in [1.54, 1.807) is 0 Å². The van der Waals surface area contributed by atoms with E-state index >= 15 is 0 Å². The van der Waals surface area contributed by atoms with Gasteiger partial charge in [-0.2, -0.15) is 0 Å². The van der Waals surface area contributed by atoms with Gasteiger partial charge in [-0.3, -0.25) is 9.59 Å². The van der Waals surface area contributed by atoms with Crippen LogP contribution in [0.15, 0.2) is 34.9 Å². The van der Waals surface area contributed by atoms with Crippen LogP contribution in [0.3, 0.4) is 0 Å². The Morgan fingerprint density at radius 1 is 1.32 bits per heavy atom. The fourth-order valence-electron chi connectivity index (χ4n) is 3.34. The van der Waals surface area contributed by atoms with Crippen molar-refractivity contribution in [3.05, 3.63) is 52.9 Å². The van der Waals surface area contributed by atoms with E-state index in [1.165, 1.54) is 0 Å². The third-order valence-corrected chi connectivity index (χ3v) is 4.70. The highest BCUT2D eigenvalue weighted by Gasteiger charge is 2.29. The number of carbonyl (C=O) groups is 2. The maximum absolute atomic E-state index is 12.9. The van der Waals surface area contributed by atoms with Gasteiger partial charge in [0.15, 0.2) is 0 Å². The Kier molecular flexibility index (Phi) is 5.16. The van der Waals surface area contributed by atoms with Crippen LogP contribution in [-0.2, 0) is 16.0 Å². The Bertz CT molecular complexity index is 735. The lowest BCUT2D eigenvalue weighted by Gasteiger charge is -2.29. The zero-order chi connectivity index (χ0) is 17.8. The summed E-state index contributed by atoms with van der Waals surface area (Å²) in [5, 5.41) is 6.80. The quantitative estimate of drug-likeness (QED) is 0.926. The van der Waals surface area contributed by atoms with Gasteiger partial charge in [0.2, 0.25) is 11.8 Å². The Labute approximate surface area is 147 Å². The predicted octanol–water partition coefficient (Wildman–Crippen LogP) is 2.31. The molecule has 132 valence electrons. The molecule has 1 aliphatic heterocycles. The molecule has 2 heterocycles. The maximum atomic E-state index is 12.9. The molecule has 1 atom stereocenters. The lowest BCUT2D eigenvalue weighted by molar-refractivity contribution is -0.133. The van der Waals surface area contributed by atoms with Crippen molar-refractivity contribution in [3.63, 3.8) is 0 Å². The smallest absolute Gasteiger partial charge is 0.223 e. The van der Waals surface area contributed by atoms with Crippen molar-refractivity contribution >= 4 is 11.8 Å². The van der Waals surface area contributed by atoms with Gasteiger partial charge >= 0.3 is 0 Å². The molecular weight excluding hydrogens is 318 g/mol. The first-order valence-electron chi connectivity index (χ1n) is 8.59. The Hall–Kier alpha value is -2.63. The molecule has 6 nitrogen and oxygen atoms in total. The van der Waals surface area contributed by atoms with Gasteiger partial charge in [-0.25, -0.2) is 0 Å². The largest absolute Gasteiger partial charge is 0.361 e. The summed E-state index contributed by atoms with van der Waals surface area (Å²) < 4.78 is 5.17. The first-order chi connectivity index (χ1) is 12.1. The predicted molar refractivity (Wildman–Crippen MR) is 92.8 cm³/mol. The van der Waals surface area contributed by atoms with Crippen LogP contribution in [0.4, 0.5) is 0 Å². The molecule has 0 unspecified atom stereocenters. The summed E-state index contributed by atoms with van der Waals surface area (Å²) >= 11 is 0. The van der Waals surface area contributed by atoms with Crippen LogP contribution in [0.2, 0.25) is 0 Å². The molecule has 0 aliphatic carbocycles. The molecule has 1 aromatic carbocycles. The highest BCUT2D eigenvalue weighted by atomic mass is 16.5. The SMILES string of the molecule is Cc1noc(C)c1CCC(=O)N1CCNC(=O)C[C@H]1c1ccccc1. The van der Waals surface area contributed by atoms with E-state index in [4.69, 9.17) is 4.52 Å². The van der Waals surface area contributed by atoms with Crippen LogP contribution in [0, 0.1) is 13.8 Å². The number of rotatable bonds is 4. The fraction of sp³-hybridized carbons (Fsp3) is 0.421. The van der Waals surface area contributed by atoms with Crippen molar-refractivity contribution in [1.82, 2.24) is 15.4 Å². The monoisotopic (exact) mass is 341 g/mol. The molecule has 0 radical (unpaired) electrons. The lowest BCUT2D eigenvalue weighted by atomic mass is 10.0. The second-order valence-electron chi connectivity index (χ2n) is 6.37. The van der Waals surface area contributed by atoms with Crippen molar-refractivity contribution in [2.24, 2.45) is 0 Å². The maximum Gasteiger partial charge on any atom is 0.223 e.